The van der Waals surface area contributed by atoms with Gasteiger partial charge in [0.25, 0.3) is 0 Å². The van der Waals surface area contributed by atoms with Crippen LogP contribution in [0, 0.1) is 5.41 Å². The molecule has 1 atom stereocenters. The van der Waals surface area contributed by atoms with Gasteiger partial charge in [-0.3, -0.25) is 9.59 Å². The molecule has 0 N–H and O–H groups in total. The van der Waals surface area contributed by atoms with Gasteiger partial charge in [0.1, 0.15) is 23.6 Å². The second-order valence-corrected chi connectivity index (χ2v) is 5.30. The Morgan fingerprint density at radius 3 is 2.60 bits per heavy atom. The summed E-state index contributed by atoms with van der Waals surface area (Å²) in [6.45, 7) is 5.66. The van der Waals surface area contributed by atoms with Gasteiger partial charge in [-0.2, -0.15) is 0 Å². The number of carbonyl (C=O) groups is 2. The first kappa shape index (κ1) is 14.5. The fourth-order valence-electron chi connectivity index (χ4n) is 2.83. The van der Waals surface area contributed by atoms with Crippen LogP contribution in [0.5, 0.6) is 5.75 Å². The molecule has 1 fully saturated rings. The van der Waals surface area contributed by atoms with E-state index in [4.69, 9.17) is 4.74 Å². The number of hydrogen-bond acceptors (Lipinski definition) is 3. The van der Waals surface area contributed by atoms with Crippen LogP contribution in [0.15, 0.2) is 42.5 Å². The Balaban J connectivity index is 2.12. The number of benzene rings is 1. The normalized spacial score (nSPS) is 22.4. The van der Waals surface area contributed by atoms with E-state index >= 15 is 0 Å². The largest absolute Gasteiger partial charge is 0.489 e. The second kappa shape index (κ2) is 6.04. The summed E-state index contributed by atoms with van der Waals surface area (Å²) in [4.78, 5) is 24.3. The highest BCUT2D eigenvalue weighted by atomic mass is 16.5. The predicted molar refractivity (Wildman–Crippen MR) is 77.7 cm³/mol. The fraction of sp³-hybridized carbons (Fsp3) is 0.412. The van der Waals surface area contributed by atoms with Crippen molar-refractivity contribution in [3.63, 3.8) is 0 Å². The molecule has 1 aromatic carbocycles. The zero-order valence-electron chi connectivity index (χ0n) is 11.9. The van der Waals surface area contributed by atoms with Gasteiger partial charge in [-0.1, -0.05) is 31.2 Å². The van der Waals surface area contributed by atoms with Crippen molar-refractivity contribution in [3.05, 3.63) is 42.5 Å². The predicted octanol–water partition coefficient (Wildman–Crippen LogP) is 3.34. The third kappa shape index (κ3) is 2.67. The lowest BCUT2D eigenvalue weighted by Crippen LogP contribution is -2.43. The minimum absolute atomic E-state index is 0.00193. The van der Waals surface area contributed by atoms with Crippen molar-refractivity contribution >= 4 is 11.6 Å². The molecule has 1 unspecified atom stereocenters. The quantitative estimate of drug-likeness (QED) is 0.610. The first-order chi connectivity index (χ1) is 9.57. The number of ether oxygens (including phenoxy) is 1. The Labute approximate surface area is 119 Å². The lowest BCUT2D eigenvalue weighted by molar-refractivity contribution is -0.139. The maximum atomic E-state index is 12.3. The maximum absolute atomic E-state index is 12.3. The summed E-state index contributed by atoms with van der Waals surface area (Å²) in [6, 6.07) is 9.35. The van der Waals surface area contributed by atoms with Crippen LogP contribution in [0.1, 0.15) is 32.6 Å². The van der Waals surface area contributed by atoms with E-state index in [1.165, 1.54) is 6.92 Å². The van der Waals surface area contributed by atoms with Gasteiger partial charge in [-0.15, -0.1) is 0 Å². The fourth-order valence-corrected chi connectivity index (χ4v) is 2.83. The average molecular weight is 272 g/mol. The number of carbonyl (C=O) groups excluding carboxylic acids is 2. The maximum Gasteiger partial charge on any atom is 0.150 e. The molecule has 20 heavy (non-hydrogen) atoms. The van der Waals surface area contributed by atoms with Crippen molar-refractivity contribution in [2.45, 2.75) is 32.6 Å². The van der Waals surface area contributed by atoms with Gasteiger partial charge in [0.2, 0.25) is 0 Å². The smallest absolute Gasteiger partial charge is 0.150 e. The molecule has 0 bridgehead atoms. The van der Waals surface area contributed by atoms with Crippen LogP contribution in [-0.2, 0) is 9.59 Å². The van der Waals surface area contributed by atoms with Crippen molar-refractivity contribution in [2.24, 2.45) is 5.41 Å². The minimum Gasteiger partial charge on any atom is -0.489 e. The molecule has 0 heterocycles. The molecule has 1 saturated carbocycles. The molecule has 3 nitrogen and oxygen atoms in total. The topological polar surface area (TPSA) is 43.4 Å². The van der Waals surface area contributed by atoms with E-state index in [9.17, 15) is 9.59 Å². The zero-order chi connectivity index (χ0) is 14.6. The number of para-hydroxylation sites is 1. The molecule has 0 saturated heterocycles. The molecule has 0 radical (unpaired) electrons. The SMILES string of the molecule is C=C(COc1ccccc1)C1(C(C)=O)CCCCC1=O. The lowest BCUT2D eigenvalue weighted by Gasteiger charge is -2.35. The van der Waals surface area contributed by atoms with Gasteiger partial charge < -0.3 is 4.74 Å². The third-order valence-electron chi connectivity index (χ3n) is 4.04. The number of hydrogen-bond donors (Lipinski definition) is 0. The van der Waals surface area contributed by atoms with Gasteiger partial charge in [0, 0.05) is 6.42 Å². The number of ketones is 2. The number of rotatable bonds is 5. The molecule has 0 aromatic heterocycles. The van der Waals surface area contributed by atoms with Crippen LogP contribution in [-0.4, -0.2) is 18.2 Å². The Morgan fingerprint density at radius 1 is 1.30 bits per heavy atom. The standard InChI is InChI=1S/C17H20O3/c1-13(12-20-15-8-4-3-5-9-15)17(14(2)18)11-7-6-10-16(17)19/h3-5,8-9H,1,6-7,10-12H2,2H3. The second-order valence-electron chi connectivity index (χ2n) is 5.30. The molecule has 106 valence electrons. The summed E-state index contributed by atoms with van der Waals surface area (Å²) in [6.07, 6.45) is 2.78. The van der Waals surface area contributed by atoms with Gasteiger partial charge in [0.15, 0.2) is 5.78 Å². The molecule has 0 aliphatic heterocycles. The van der Waals surface area contributed by atoms with Crippen molar-refractivity contribution in [1.29, 1.82) is 0 Å². The molecule has 1 aliphatic carbocycles. The lowest BCUT2D eigenvalue weighted by atomic mass is 9.66. The van der Waals surface area contributed by atoms with E-state index in [2.05, 4.69) is 6.58 Å². The van der Waals surface area contributed by atoms with Crippen LogP contribution in [0.3, 0.4) is 0 Å². The van der Waals surface area contributed by atoms with Crippen LogP contribution >= 0.6 is 0 Å². The van der Waals surface area contributed by atoms with Crippen molar-refractivity contribution in [2.75, 3.05) is 6.61 Å². The van der Waals surface area contributed by atoms with E-state index in [1.807, 2.05) is 30.3 Å². The number of Topliss-reactive ketones (excluding diaryl/α,β-unsaturated/α-hetero) is 2. The molecule has 1 aliphatic rings. The summed E-state index contributed by atoms with van der Waals surface area (Å²) in [5.41, 5.74) is -0.439. The highest BCUT2D eigenvalue weighted by Gasteiger charge is 2.46. The van der Waals surface area contributed by atoms with E-state index in [0.29, 0.717) is 18.4 Å². The molecule has 0 amide bonds. The highest BCUT2D eigenvalue weighted by molar-refractivity contribution is 6.09. The van der Waals surface area contributed by atoms with Gasteiger partial charge in [-0.05, 0) is 37.5 Å². The van der Waals surface area contributed by atoms with E-state index in [-0.39, 0.29) is 18.2 Å². The Morgan fingerprint density at radius 2 is 2.00 bits per heavy atom. The summed E-state index contributed by atoms with van der Waals surface area (Å²) in [7, 11) is 0. The van der Waals surface area contributed by atoms with E-state index in [0.717, 1.165) is 18.6 Å². The van der Waals surface area contributed by atoms with E-state index in [1.54, 1.807) is 0 Å². The van der Waals surface area contributed by atoms with Gasteiger partial charge in [0.05, 0.1) is 0 Å². The zero-order valence-corrected chi connectivity index (χ0v) is 11.9. The summed E-state index contributed by atoms with van der Waals surface area (Å²) in [5, 5.41) is 0. The molecular weight excluding hydrogens is 252 g/mol. The first-order valence-corrected chi connectivity index (χ1v) is 6.98. The monoisotopic (exact) mass is 272 g/mol. The Kier molecular flexibility index (Phi) is 4.38. The molecule has 3 heteroatoms. The molecule has 2 rings (SSSR count). The Bertz CT molecular complexity index is 518. The highest BCUT2D eigenvalue weighted by Crippen LogP contribution is 2.40. The molecule has 0 spiro atoms. The first-order valence-electron chi connectivity index (χ1n) is 6.98. The summed E-state index contributed by atoms with van der Waals surface area (Å²) < 4.78 is 5.64. The van der Waals surface area contributed by atoms with E-state index < -0.39 is 5.41 Å². The summed E-state index contributed by atoms with van der Waals surface area (Å²) in [5.74, 6) is 0.609. The van der Waals surface area contributed by atoms with Crippen LogP contribution in [0.2, 0.25) is 0 Å². The van der Waals surface area contributed by atoms with Crippen molar-refractivity contribution in [3.8, 4) is 5.75 Å². The van der Waals surface area contributed by atoms with Crippen LogP contribution in [0.4, 0.5) is 0 Å². The van der Waals surface area contributed by atoms with Crippen LogP contribution < -0.4 is 4.74 Å². The third-order valence-corrected chi connectivity index (χ3v) is 4.04. The van der Waals surface area contributed by atoms with Crippen LogP contribution in [0.25, 0.3) is 0 Å². The molecular formula is C17H20O3. The Hall–Kier alpha value is -1.90. The average Bonchev–Trinajstić information content (AvgIpc) is 2.46. The van der Waals surface area contributed by atoms with Crippen molar-refractivity contribution < 1.29 is 14.3 Å². The summed E-state index contributed by atoms with van der Waals surface area (Å²) >= 11 is 0. The molecule has 1 aromatic rings. The van der Waals surface area contributed by atoms with Gasteiger partial charge in [-0.25, -0.2) is 0 Å². The van der Waals surface area contributed by atoms with Gasteiger partial charge >= 0.3 is 0 Å². The minimum atomic E-state index is -1.02. The van der Waals surface area contributed by atoms with Crippen molar-refractivity contribution in [1.82, 2.24) is 0 Å².